The van der Waals surface area contributed by atoms with Gasteiger partial charge in [0.1, 0.15) is 5.75 Å². The molecule has 3 nitrogen and oxygen atoms in total. The highest BCUT2D eigenvalue weighted by atomic mass is 16.5. The third-order valence-electron chi connectivity index (χ3n) is 2.40. The molecule has 0 fully saturated rings. The lowest BCUT2D eigenvalue weighted by Crippen LogP contribution is -2.27. The van der Waals surface area contributed by atoms with E-state index in [-0.39, 0.29) is 12.1 Å². The molecule has 16 heavy (non-hydrogen) atoms. The van der Waals surface area contributed by atoms with Crippen LogP contribution in [0.15, 0.2) is 24.3 Å². The maximum atomic E-state index is 9.23. The lowest BCUT2D eigenvalue weighted by atomic mass is 10.1. The fraction of sp³-hybridized carbons (Fsp3) is 0.538. The number of hydrogen-bond acceptors (Lipinski definition) is 3. The molecule has 0 amide bonds. The highest BCUT2D eigenvalue weighted by Gasteiger charge is 2.10. The number of benzene rings is 1. The van der Waals surface area contributed by atoms with Crippen molar-refractivity contribution in [2.75, 3.05) is 13.2 Å². The molecule has 1 rings (SSSR count). The van der Waals surface area contributed by atoms with Crippen LogP contribution < -0.4 is 10.1 Å². The summed E-state index contributed by atoms with van der Waals surface area (Å²) >= 11 is 0. The Kier molecular flexibility index (Phi) is 5.29. The lowest BCUT2D eigenvalue weighted by molar-refractivity contribution is 0.187. The van der Waals surface area contributed by atoms with Crippen molar-refractivity contribution in [1.29, 1.82) is 0 Å². The second-order valence-electron chi connectivity index (χ2n) is 3.95. The molecule has 0 saturated heterocycles. The molecule has 0 spiro atoms. The van der Waals surface area contributed by atoms with Gasteiger partial charge in [0.05, 0.1) is 12.7 Å². The molecule has 3 heteroatoms. The SMILES string of the molecule is CCOc1ccccc1C(C)NC[C@@H](C)O. The first-order valence-corrected chi connectivity index (χ1v) is 5.78. The minimum absolute atomic E-state index is 0.178. The number of rotatable bonds is 6. The molecule has 0 aliphatic rings. The standard InChI is InChI=1S/C13H21NO2/c1-4-16-13-8-6-5-7-12(13)11(3)14-9-10(2)15/h5-8,10-11,14-15H,4,9H2,1-3H3/t10-,11?/m1/s1. The van der Waals surface area contributed by atoms with Crippen molar-refractivity contribution in [1.82, 2.24) is 5.32 Å². The Morgan fingerprint density at radius 1 is 1.31 bits per heavy atom. The van der Waals surface area contributed by atoms with Crippen LogP contribution in [0, 0.1) is 0 Å². The molecule has 1 aromatic carbocycles. The van der Waals surface area contributed by atoms with Gasteiger partial charge in [-0.3, -0.25) is 0 Å². The average molecular weight is 223 g/mol. The zero-order valence-electron chi connectivity index (χ0n) is 10.2. The monoisotopic (exact) mass is 223 g/mol. The third-order valence-corrected chi connectivity index (χ3v) is 2.40. The number of para-hydroxylation sites is 1. The van der Waals surface area contributed by atoms with Gasteiger partial charge in [-0.2, -0.15) is 0 Å². The summed E-state index contributed by atoms with van der Waals surface area (Å²) in [6.07, 6.45) is -0.332. The van der Waals surface area contributed by atoms with Crippen LogP contribution in [0.25, 0.3) is 0 Å². The fourth-order valence-electron chi connectivity index (χ4n) is 1.58. The summed E-state index contributed by atoms with van der Waals surface area (Å²) in [5.74, 6) is 0.913. The maximum Gasteiger partial charge on any atom is 0.124 e. The van der Waals surface area contributed by atoms with Crippen molar-refractivity contribution < 1.29 is 9.84 Å². The number of ether oxygens (including phenoxy) is 1. The van der Waals surface area contributed by atoms with Gasteiger partial charge in [0.25, 0.3) is 0 Å². The van der Waals surface area contributed by atoms with Crippen LogP contribution in [0.5, 0.6) is 5.75 Å². The summed E-state index contributed by atoms with van der Waals surface area (Å²) in [4.78, 5) is 0. The average Bonchev–Trinajstić information content (AvgIpc) is 2.27. The highest BCUT2D eigenvalue weighted by molar-refractivity contribution is 5.35. The van der Waals surface area contributed by atoms with Crippen molar-refractivity contribution in [3.8, 4) is 5.75 Å². The Bertz CT molecular complexity index is 313. The van der Waals surface area contributed by atoms with Gasteiger partial charge >= 0.3 is 0 Å². The molecule has 2 atom stereocenters. The van der Waals surface area contributed by atoms with Gasteiger partial charge in [-0.25, -0.2) is 0 Å². The smallest absolute Gasteiger partial charge is 0.124 e. The first kappa shape index (κ1) is 13.0. The lowest BCUT2D eigenvalue weighted by Gasteiger charge is -2.18. The molecule has 1 unspecified atom stereocenters. The molecule has 0 aromatic heterocycles. The second-order valence-corrected chi connectivity index (χ2v) is 3.95. The van der Waals surface area contributed by atoms with E-state index in [0.717, 1.165) is 11.3 Å². The summed E-state index contributed by atoms with van der Waals surface area (Å²) in [6, 6.07) is 8.16. The summed E-state index contributed by atoms with van der Waals surface area (Å²) in [7, 11) is 0. The van der Waals surface area contributed by atoms with Gasteiger partial charge in [-0.15, -0.1) is 0 Å². The normalized spacial score (nSPS) is 14.5. The van der Waals surface area contributed by atoms with Crippen molar-refractivity contribution in [3.05, 3.63) is 29.8 Å². The van der Waals surface area contributed by atoms with Crippen LogP contribution in [0.4, 0.5) is 0 Å². The van der Waals surface area contributed by atoms with Gasteiger partial charge in [-0.05, 0) is 26.8 Å². The zero-order chi connectivity index (χ0) is 12.0. The van der Waals surface area contributed by atoms with E-state index in [4.69, 9.17) is 4.74 Å². The van der Waals surface area contributed by atoms with Gasteiger partial charge in [-0.1, -0.05) is 18.2 Å². The molecule has 0 radical (unpaired) electrons. The predicted molar refractivity (Wildman–Crippen MR) is 65.7 cm³/mol. The largest absolute Gasteiger partial charge is 0.494 e. The molecular formula is C13H21NO2. The van der Waals surface area contributed by atoms with Crippen LogP contribution in [0.2, 0.25) is 0 Å². The Morgan fingerprint density at radius 2 is 2.00 bits per heavy atom. The van der Waals surface area contributed by atoms with Crippen molar-refractivity contribution in [2.45, 2.75) is 32.9 Å². The van der Waals surface area contributed by atoms with E-state index in [1.165, 1.54) is 0 Å². The molecule has 0 aliphatic carbocycles. The fourth-order valence-corrected chi connectivity index (χ4v) is 1.58. The minimum atomic E-state index is -0.332. The first-order valence-electron chi connectivity index (χ1n) is 5.78. The van der Waals surface area contributed by atoms with Crippen LogP contribution >= 0.6 is 0 Å². The van der Waals surface area contributed by atoms with Gasteiger partial charge in [0.2, 0.25) is 0 Å². The van der Waals surface area contributed by atoms with E-state index < -0.39 is 0 Å². The second kappa shape index (κ2) is 6.51. The molecule has 0 heterocycles. The minimum Gasteiger partial charge on any atom is -0.494 e. The quantitative estimate of drug-likeness (QED) is 0.776. The topological polar surface area (TPSA) is 41.5 Å². The van der Waals surface area contributed by atoms with Crippen molar-refractivity contribution in [2.24, 2.45) is 0 Å². The molecule has 0 saturated carbocycles. The van der Waals surface area contributed by atoms with Gasteiger partial charge in [0, 0.05) is 18.2 Å². The summed E-state index contributed by atoms with van der Waals surface area (Å²) in [5.41, 5.74) is 1.13. The van der Waals surface area contributed by atoms with E-state index in [2.05, 4.69) is 12.2 Å². The molecule has 0 aliphatic heterocycles. The summed E-state index contributed by atoms with van der Waals surface area (Å²) in [5, 5.41) is 12.5. The van der Waals surface area contributed by atoms with E-state index >= 15 is 0 Å². The Labute approximate surface area is 97.4 Å². The Morgan fingerprint density at radius 3 is 2.62 bits per heavy atom. The van der Waals surface area contributed by atoms with E-state index in [1.807, 2.05) is 31.2 Å². The summed E-state index contributed by atoms with van der Waals surface area (Å²) < 4.78 is 5.56. The zero-order valence-corrected chi connectivity index (χ0v) is 10.2. The Hall–Kier alpha value is -1.06. The van der Waals surface area contributed by atoms with E-state index in [9.17, 15) is 5.11 Å². The number of nitrogens with one attached hydrogen (secondary N) is 1. The maximum absolute atomic E-state index is 9.23. The number of aliphatic hydroxyl groups is 1. The third kappa shape index (κ3) is 3.83. The number of aliphatic hydroxyl groups excluding tert-OH is 1. The van der Waals surface area contributed by atoms with Crippen LogP contribution in [0.3, 0.4) is 0 Å². The predicted octanol–water partition coefficient (Wildman–Crippen LogP) is 2.12. The first-order chi connectivity index (χ1) is 7.65. The van der Waals surface area contributed by atoms with Crippen LogP contribution in [-0.2, 0) is 0 Å². The van der Waals surface area contributed by atoms with Crippen LogP contribution in [-0.4, -0.2) is 24.4 Å². The molecule has 1 aromatic rings. The molecular weight excluding hydrogens is 202 g/mol. The van der Waals surface area contributed by atoms with Gasteiger partial charge < -0.3 is 15.2 Å². The molecule has 2 N–H and O–H groups in total. The Balaban J connectivity index is 2.69. The van der Waals surface area contributed by atoms with Gasteiger partial charge in [0.15, 0.2) is 0 Å². The molecule has 0 bridgehead atoms. The van der Waals surface area contributed by atoms with E-state index in [0.29, 0.717) is 13.2 Å². The summed E-state index contributed by atoms with van der Waals surface area (Å²) in [6.45, 7) is 7.07. The van der Waals surface area contributed by atoms with E-state index in [1.54, 1.807) is 6.92 Å². The number of hydrogen-bond donors (Lipinski definition) is 2. The molecule has 90 valence electrons. The van der Waals surface area contributed by atoms with Crippen LogP contribution in [0.1, 0.15) is 32.4 Å². The highest BCUT2D eigenvalue weighted by Crippen LogP contribution is 2.24. The van der Waals surface area contributed by atoms with Crippen molar-refractivity contribution >= 4 is 0 Å². The van der Waals surface area contributed by atoms with Crippen molar-refractivity contribution in [3.63, 3.8) is 0 Å².